The third kappa shape index (κ3) is 1.88. The summed E-state index contributed by atoms with van der Waals surface area (Å²) >= 11 is 0. The summed E-state index contributed by atoms with van der Waals surface area (Å²) in [5, 5.41) is 23.2. The quantitative estimate of drug-likeness (QED) is 0.748. The van der Waals surface area contributed by atoms with Gasteiger partial charge in [-0.05, 0) is 24.3 Å². The number of anilines is 1. The Hall–Kier alpha value is -3.35. The van der Waals surface area contributed by atoms with Crippen LogP contribution in [0.5, 0.6) is 11.8 Å². The van der Waals surface area contributed by atoms with Crippen LogP contribution in [0.15, 0.2) is 46.4 Å². The fourth-order valence-electron chi connectivity index (χ4n) is 2.94. The Labute approximate surface area is 136 Å². The maximum atomic E-state index is 11.5. The highest BCUT2D eigenvalue weighted by Gasteiger charge is 2.21. The molecule has 2 aromatic carbocycles. The number of fused-ring (bicyclic) bond motifs is 2. The Morgan fingerprint density at radius 2 is 1.50 bits per heavy atom. The van der Waals surface area contributed by atoms with Crippen molar-refractivity contribution in [1.29, 1.82) is 0 Å². The van der Waals surface area contributed by atoms with E-state index < -0.39 is 6.03 Å². The van der Waals surface area contributed by atoms with Gasteiger partial charge < -0.3 is 15.1 Å². The van der Waals surface area contributed by atoms with Crippen molar-refractivity contribution < 1.29 is 15.0 Å². The molecule has 1 aliphatic rings. The summed E-state index contributed by atoms with van der Waals surface area (Å²) < 4.78 is 1.35. The molecular formula is C17H14N4O3. The molecule has 0 aliphatic carbocycles. The van der Waals surface area contributed by atoms with Crippen molar-refractivity contribution in [3.8, 4) is 17.4 Å². The Morgan fingerprint density at radius 1 is 0.958 bits per heavy atom. The molecule has 120 valence electrons. The van der Waals surface area contributed by atoms with Crippen molar-refractivity contribution in [2.45, 2.75) is 0 Å². The lowest BCUT2D eigenvalue weighted by molar-refractivity contribution is 0.256. The first kappa shape index (κ1) is 14.3. The van der Waals surface area contributed by atoms with Gasteiger partial charge in [-0.25, -0.2) is 9.36 Å². The largest absolute Gasteiger partial charge is 0.494 e. The highest BCUT2D eigenvalue weighted by atomic mass is 16.3. The molecule has 2 heterocycles. The molecule has 1 aliphatic heterocycles. The van der Waals surface area contributed by atoms with Crippen molar-refractivity contribution in [2.75, 3.05) is 19.0 Å². The molecule has 7 nitrogen and oxygen atoms in total. The minimum Gasteiger partial charge on any atom is -0.494 e. The van der Waals surface area contributed by atoms with Crippen LogP contribution in [0.2, 0.25) is 0 Å². The number of nitrogens with zero attached hydrogens (tertiary/aromatic N) is 4. The van der Waals surface area contributed by atoms with E-state index in [9.17, 15) is 15.0 Å². The summed E-state index contributed by atoms with van der Waals surface area (Å²) in [6.07, 6.45) is 0. The number of carbonyl (C=O) groups is 1. The predicted molar refractivity (Wildman–Crippen MR) is 88.6 cm³/mol. The van der Waals surface area contributed by atoms with E-state index in [2.05, 4.69) is 9.98 Å². The summed E-state index contributed by atoms with van der Waals surface area (Å²) in [5.41, 5.74) is 1.20. The van der Waals surface area contributed by atoms with Crippen LogP contribution in [0.3, 0.4) is 0 Å². The molecule has 0 bridgehead atoms. The van der Waals surface area contributed by atoms with E-state index in [1.807, 2.05) is 19.0 Å². The minimum absolute atomic E-state index is 0.0765. The Balaban J connectivity index is 2.12. The summed E-state index contributed by atoms with van der Waals surface area (Å²) in [5.74, 6) is -0.153. The lowest BCUT2D eigenvalue weighted by atomic mass is 10.2. The summed E-state index contributed by atoms with van der Waals surface area (Å²) in [4.78, 5) is 21.0. The van der Waals surface area contributed by atoms with E-state index in [-0.39, 0.29) is 11.8 Å². The van der Waals surface area contributed by atoms with Gasteiger partial charge in [0.05, 0.1) is 22.1 Å². The van der Waals surface area contributed by atoms with Crippen molar-refractivity contribution in [2.24, 2.45) is 9.98 Å². The summed E-state index contributed by atoms with van der Waals surface area (Å²) in [7, 11) is 3.66. The molecule has 0 fully saturated rings. The first-order valence-corrected chi connectivity index (χ1v) is 7.32. The molecule has 3 aromatic rings. The average Bonchev–Trinajstić information content (AvgIpc) is 3.03. The fraction of sp³-hybridized carbons (Fsp3) is 0.118. The first-order chi connectivity index (χ1) is 11.5. The molecule has 0 spiro atoms. The maximum absolute atomic E-state index is 11.5. The van der Waals surface area contributed by atoms with Gasteiger partial charge in [0.25, 0.3) is 0 Å². The second-order valence-electron chi connectivity index (χ2n) is 5.76. The second kappa shape index (κ2) is 4.82. The van der Waals surface area contributed by atoms with Crippen molar-refractivity contribution in [1.82, 2.24) is 4.57 Å². The van der Waals surface area contributed by atoms with Crippen molar-refractivity contribution in [3.63, 3.8) is 0 Å². The third-order valence-electron chi connectivity index (χ3n) is 4.06. The van der Waals surface area contributed by atoms with Gasteiger partial charge in [-0.1, -0.05) is 12.1 Å². The Bertz CT molecular complexity index is 1090. The van der Waals surface area contributed by atoms with Crippen LogP contribution < -0.4 is 15.6 Å². The van der Waals surface area contributed by atoms with Crippen molar-refractivity contribution in [3.05, 3.63) is 47.1 Å². The highest BCUT2D eigenvalue weighted by Crippen LogP contribution is 2.40. The zero-order chi connectivity index (χ0) is 17.0. The highest BCUT2D eigenvalue weighted by molar-refractivity contribution is 5.94. The van der Waals surface area contributed by atoms with E-state index >= 15 is 0 Å². The fourth-order valence-corrected chi connectivity index (χ4v) is 2.94. The third-order valence-corrected chi connectivity index (χ3v) is 4.06. The number of amides is 2. The molecule has 0 radical (unpaired) electrons. The number of hydrogen-bond donors (Lipinski definition) is 2. The zero-order valence-electron chi connectivity index (χ0n) is 13.1. The Kier molecular flexibility index (Phi) is 2.86. The number of aromatic hydroxyl groups is 2. The topological polar surface area (TPSA) is 90.4 Å². The zero-order valence-corrected chi connectivity index (χ0v) is 13.1. The molecular weight excluding hydrogens is 308 g/mol. The number of urea groups is 1. The predicted octanol–water partition coefficient (Wildman–Crippen LogP) is 1.48. The molecule has 4 rings (SSSR count). The van der Waals surface area contributed by atoms with Crippen LogP contribution in [-0.2, 0) is 0 Å². The van der Waals surface area contributed by atoms with Crippen LogP contribution in [-0.4, -0.2) is 34.9 Å². The van der Waals surface area contributed by atoms with Gasteiger partial charge in [-0.2, -0.15) is 9.98 Å². The van der Waals surface area contributed by atoms with Gasteiger partial charge in [-0.3, -0.25) is 0 Å². The van der Waals surface area contributed by atoms with E-state index in [4.69, 9.17) is 0 Å². The maximum Gasteiger partial charge on any atom is 0.368 e. The molecule has 0 saturated heterocycles. The smallest absolute Gasteiger partial charge is 0.368 e. The molecule has 0 atom stereocenters. The van der Waals surface area contributed by atoms with Gasteiger partial charge in [0.15, 0.2) is 0 Å². The van der Waals surface area contributed by atoms with E-state index in [0.717, 1.165) is 0 Å². The number of benzene rings is 2. The standard InChI is InChI=1S/C17H14N4O3/c1-20(2)13-7-11-12(19-17(24)18-11)8-14(13)21-15(22)9-5-3-4-6-10(9)16(21)23/h3-8,22-23H,1-2H3. The lowest BCUT2D eigenvalue weighted by Crippen LogP contribution is -2.26. The molecule has 24 heavy (non-hydrogen) atoms. The number of hydrogen-bond acceptors (Lipinski definition) is 4. The van der Waals surface area contributed by atoms with Crippen LogP contribution in [0.4, 0.5) is 10.5 Å². The SMILES string of the molecule is CN(C)c1cc2c(cc1-n1c(O)c3ccccc3c1O)=NC(=O)N=2. The summed E-state index contributed by atoms with van der Waals surface area (Å²) in [6, 6.07) is 9.82. The summed E-state index contributed by atoms with van der Waals surface area (Å²) in [6.45, 7) is 0. The first-order valence-electron chi connectivity index (χ1n) is 7.32. The molecule has 0 saturated carbocycles. The molecule has 2 N–H and O–H groups in total. The average molecular weight is 322 g/mol. The molecule has 1 aromatic heterocycles. The second-order valence-corrected chi connectivity index (χ2v) is 5.76. The molecule has 2 amide bonds. The number of aromatic nitrogens is 1. The Morgan fingerprint density at radius 3 is 2.04 bits per heavy atom. The van der Waals surface area contributed by atoms with E-state index in [1.165, 1.54) is 4.57 Å². The van der Waals surface area contributed by atoms with Gasteiger partial charge in [0, 0.05) is 24.9 Å². The van der Waals surface area contributed by atoms with E-state index in [1.54, 1.807) is 36.4 Å². The number of rotatable bonds is 2. The number of carbonyl (C=O) groups excluding carboxylic acids is 1. The molecule has 0 unspecified atom stereocenters. The molecule has 7 heteroatoms. The van der Waals surface area contributed by atoms with Gasteiger partial charge in [0.2, 0.25) is 11.8 Å². The normalized spacial score (nSPS) is 12.8. The van der Waals surface area contributed by atoms with Gasteiger partial charge in [0.1, 0.15) is 0 Å². The minimum atomic E-state index is -0.557. The van der Waals surface area contributed by atoms with Crippen LogP contribution >= 0.6 is 0 Å². The monoisotopic (exact) mass is 322 g/mol. The van der Waals surface area contributed by atoms with Crippen LogP contribution in [0, 0.1) is 0 Å². The van der Waals surface area contributed by atoms with Crippen LogP contribution in [0.1, 0.15) is 0 Å². The lowest BCUT2D eigenvalue weighted by Gasteiger charge is -2.18. The van der Waals surface area contributed by atoms with E-state index in [0.29, 0.717) is 32.9 Å². The van der Waals surface area contributed by atoms with Crippen LogP contribution in [0.25, 0.3) is 16.5 Å². The van der Waals surface area contributed by atoms with Gasteiger partial charge in [-0.15, -0.1) is 0 Å². The van der Waals surface area contributed by atoms with Gasteiger partial charge >= 0.3 is 6.03 Å². The van der Waals surface area contributed by atoms with Crippen molar-refractivity contribution >= 4 is 22.5 Å².